The summed E-state index contributed by atoms with van der Waals surface area (Å²) in [5, 5.41) is 7.41. The van der Waals surface area contributed by atoms with Crippen LogP contribution in [-0.4, -0.2) is 38.9 Å². The number of ether oxygens (including phenoxy) is 1. The molecule has 1 amide bonds. The van der Waals surface area contributed by atoms with Gasteiger partial charge in [0, 0.05) is 11.0 Å². The van der Waals surface area contributed by atoms with Crippen LogP contribution < -0.4 is 15.6 Å². The molecule has 0 saturated heterocycles. The minimum Gasteiger partial charge on any atom is -0.497 e. The lowest BCUT2D eigenvalue weighted by atomic mass is 10.2. The third kappa shape index (κ3) is 4.54. The van der Waals surface area contributed by atoms with Crippen LogP contribution in [0.3, 0.4) is 0 Å². The van der Waals surface area contributed by atoms with Crippen molar-refractivity contribution >= 4 is 32.9 Å². The summed E-state index contributed by atoms with van der Waals surface area (Å²) in [7, 11) is 1.53. The van der Waals surface area contributed by atoms with Crippen LogP contribution >= 0.6 is 15.9 Å². The number of nitrogens with zero attached hydrogens (tertiary/aromatic N) is 4. The summed E-state index contributed by atoms with van der Waals surface area (Å²) >= 11 is 3.36. The van der Waals surface area contributed by atoms with E-state index in [1.807, 2.05) is 0 Å². The number of hydrogen-bond acceptors (Lipinski definition) is 5. The van der Waals surface area contributed by atoms with E-state index in [1.54, 1.807) is 35.0 Å². The second kappa shape index (κ2) is 9.31. The molecule has 0 fully saturated rings. The zero-order chi connectivity index (χ0) is 22.7. The molecule has 0 aliphatic carbocycles. The molecule has 0 aliphatic rings. The highest BCUT2D eigenvalue weighted by molar-refractivity contribution is 9.10. The van der Waals surface area contributed by atoms with Crippen LogP contribution in [0.1, 0.15) is 15.9 Å². The zero-order valence-corrected chi connectivity index (χ0v) is 18.7. The lowest BCUT2D eigenvalue weighted by Crippen LogP contribution is -2.28. The summed E-state index contributed by atoms with van der Waals surface area (Å²) in [5.74, 6) is -0.0479. The molecule has 4 rings (SSSR count). The molecule has 8 nitrogen and oxygen atoms in total. The summed E-state index contributed by atoms with van der Waals surface area (Å²) in [6.07, 6.45) is 2.87. The van der Waals surface area contributed by atoms with Gasteiger partial charge in [0.05, 0.1) is 32.0 Å². The van der Waals surface area contributed by atoms with Gasteiger partial charge in [0.15, 0.2) is 5.65 Å². The molecule has 1 N–H and O–H groups in total. The zero-order valence-electron chi connectivity index (χ0n) is 17.1. The Morgan fingerprint density at radius 1 is 1.25 bits per heavy atom. The first kappa shape index (κ1) is 21.7. The van der Waals surface area contributed by atoms with Crippen molar-refractivity contribution in [3.05, 3.63) is 86.8 Å². The molecule has 0 radical (unpaired) electrons. The number of methoxy groups -OCH3 is 1. The molecule has 0 unspecified atom stereocenters. The highest BCUT2D eigenvalue weighted by Crippen LogP contribution is 2.22. The van der Waals surface area contributed by atoms with E-state index in [2.05, 4.69) is 31.3 Å². The Balaban J connectivity index is 1.46. The maximum absolute atomic E-state index is 13.4. The van der Waals surface area contributed by atoms with Crippen molar-refractivity contribution in [2.24, 2.45) is 0 Å². The largest absolute Gasteiger partial charge is 0.497 e. The average molecular weight is 500 g/mol. The predicted molar refractivity (Wildman–Crippen MR) is 120 cm³/mol. The van der Waals surface area contributed by atoms with E-state index >= 15 is 0 Å². The van der Waals surface area contributed by atoms with Crippen molar-refractivity contribution < 1.29 is 13.9 Å². The summed E-state index contributed by atoms with van der Waals surface area (Å²) in [6, 6.07) is 11.2. The Kier molecular flexibility index (Phi) is 6.31. The molecule has 4 aromatic rings. The molecule has 2 aromatic carbocycles. The Morgan fingerprint density at radius 2 is 2.09 bits per heavy atom. The third-order valence-corrected chi connectivity index (χ3v) is 5.58. The lowest BCUT2D eigenvalue weighted by Gasteiger charge is -2.09. The van der Waals surface area contributed by atoms with Gasteiger partial charge in [-0.1, -0.05) is 12.1 Å². The van der Waals surface area contributed by atoms with Crippen LogP contribution in [0.25, 0.3) is 11.0 Å². The number of amides is 1. The maximum Gasteiger partial charge on any atom is 0.264 e. The van der Waals surface area contributed by atoms with Crippen molar-refractivity contribution in [1.29, 1.82) is 0 Å². The van der Waals surface area contributed by atoms with Crippen molar-refractivity contribution in [1.82, 2.24) is 24.6 Å². The minimum absolute atomic E-state index is 0.205. The van der Waals surface area contributed by atoms with E-state index in [9.17, 15) is 14.0 Å². The number of fused-ring (bicyclic) bond motifs is 1. The molecule has 0 spiro atoms. The second-order valence-electron chi connectivity index (χ2n) is 7.01. The third-order valence-electron chi connectivity index (χ3n) is 4.89. The predicted octanol–water partition coefficient (Wildman–Crippen LogP) is 2.98. The number of carbonyl (C=O) groups is 1. The van der Waals surface area contributed by atoms with Crippen LogP contribution in [0.2, 0.25) is 0 Å². The van der Waals surface area contributed by atoms with Crippen LogP contribution in [0, 0.1) is 5.82 Å². The molecule has 2 heterocycles. The van der Waals surface area contributed by atoms with E-state index in [0.717, 1.165) is 0 Å². The quantitative estimate of drug-likeness (QED) is 0.422. The van der Waals surface area contributed by atoms with Crippen molar-refractivity contribution in [2.75, 3.05) is 13.7 Å². The van der Waals surface area contributed by atoms with Gasteiger partial charge in [-0.2, -0.15) is 5.10 Å². The Hall–Kier alpha value is -3.53. The lowest BCUT2D eigenvalue weighted by molar-refractivity contribution is 0.0951. The average Bonchev–Trinajstić information content (AvgIpc) is 3.20. The molecular weight excluding hydrogens is 481 g/mol. The summed E-state index contributed by atoms with van der Waals surface area (Å²) in [4.78, 5) is 29.6. The first-order valence-corrected chi connectivity index (χ1v) is 10.5. The normalized spacial score (nSPS) is 11.0. The standard InChI is InChI=1S/C22H19BrFN5O3/c1-32-16-5-6-19(23)17(10-16)21(30)25-7-8-29-20-18(11-27-29)22(31)28(13-26-20)12-14-3-2-4-15(24)9-14/h2-6,9-11,13H,7-8,12H2,1H3,(H,25,30). The van der Waals surface area contributed by atoms with Gasteiger partial charge >= 0.3 is 0 Å². The van der Waals surface area contributed by atoms with Gasteiger partial charge < -0.3 is 10.1 Å². The number of benzene rings is 2. The van der Waals surface area contributed by atoms with E-state index in [1.165, 1.54) is 36.3 Å². The fourth-order valence-corrected chi connectivity index (χ4v) is 3.71. The second-order valence-corrected chi connectivity index (χ2v) is 7.87. The van der Waals surface area contributed by atoms with E-state index < -0.39 is 0 Å². The van der Waals surface area contributed by atoms with Gasteiger partial charge in [-0.3, -0.25) is 14.2 Å². The molecule has 2 aromatic heterocycles. The highest BCUT2D eigenvalue weighted by atomic mass is 79.9. The molecule has 0 saturated carbocycles. The number of carbonyl (C=O) groups excluding carboxylic acids is 1. The molecular formula is C22H19BrFN5O3. The number of aromatic nitrogens is 4. The first-order valence-electron chi connectivity index (χ1n) is 9.73. The number of rotatable bonds is 7. The number of nitrogens with one attached hydrogen (secondary N) is 1. The Labute approximate surface area is 190 Å². The summed E-state index contributed by atoms with van der Waals surface area (Å²) < 4.78 is 22.2. The Morgan fingerprint density at radius 3 is 2.88 bits per heavy atom. The van der Waals surface area contributed by atoms with Gasteiger partial charge in [0.1, 0.15) is 23.3 Å². The molecule has 0 bridgehead atoms. The van der Waals surface area contributed by atoms with Crippen LogP contribution in [0.4, 0.5) is 4.39 Å². The minimum atomic E-state index is -0.361. The van der Waals surface area contributed by atoms with Gasteiger partial charge in [-0.05, 0) is 51.8 Å². The smallest absolute Gasteiger partial charge is 0.264 e. The van der Waals surface area contributed by atoms with Crippen molar-refractivity contribution in [3.8, 4) is 5.75 Å². The highest BCUT2D eigenvalue weighted by Gasteiger charge is 2.13. The van der Waals surface area contributed by atoms with Crippen LogP contribution in [0.15, 0.2) is 64.3 Å². The topological polar surface area (TPSA) is 91.0 Å². The van der Waals surface area contributed by atoms with Gasteiger partial charge in [-0.25, -0.2) is 14.1 Å². The summed E-state index contributed by atoms with van der Waals surface area (Å²) in [6.45, 7) is 0.820. The SMILES string of the molecule is COc1ccc(Br)c(C(=O)NCCn2ncc3c(=O)n(Cc4cccc(F)c4)cnc32)c1. The molecule has 0 aliphatic heterocycles. The first-order chi connectivity index (χ1) is 15.5. The van der Waals surface area contributed by atoms with Crippen LogP contribution in [-0.2, 0) is 13.1 Å². The number of hydrogen-bond donors (Lipinski definition) is 1. The fraction of sp³-hybridized carbons (Fsp3) is 0.182. The van der Waals surface area contributed by atoms with Crippen molar-refractivity contribution in [2.45, 2.75) is 13.1 Å². The number of halogens is 2. The molecule has 164 valence electrons. The Bertz CT molecular complexity index is 1350. The van der Waals surface area contributed by atoms with Gasteiger partial charge in [0.2, 0.25) is 0 Å². The van der Waals surface area contributed by atoms with E-state index in [4.69, 9.17) is 4.74 Å². The van der Waals surface area contributed by atoms with Gasteiger partial charge in [-0.15, -0.1) is 0 Å². The molecule has 10 heteroatoms. The van der Waals surface area contributed by atoms with E-state index in [0.29, 0.717) is 38.9 Å². The van der Waals surface area contributed by atoms with Crippen LogP contribution in [0.5, 0.6) is 5.75 Å². The maximum atomic E-state index is 13.4. The fourth-order valence-electron chi connectivity index (χ4n) is 3.28. The van der Waals surface area contributed by atoms with E-state index in [-0.39, 0.29) is 30.4 Å². The monoisotopic (exact) mass is 499 g/mol. The molecule has 32 heavy (non-hydrogen) atoms. The van der Waals surface area contributed by atoms with Gasteiger partial charge in [0.25, 0.3) is 11.5 Å². The summed E-state index contributed by atoms with van der Waals surface area (Å²) in [5.41, 5.74) is 1.26. The molecule has 0 atom stereocenters. The van der Waals surface area contributed by atoms with Crippen molar-refractivity contribution in [3.63, 3.8) is 0 Å².